The van der Waals surface area contributed by atoms with Crippen molar-refractivity contribution in [1.29, 1.82) is 0 Å². The molecule has 0 heterocycles. The number of rotatable bonds is 16. The third-order valence-corrected chi connectivity index (χ3v) is 4.70. The van der Waals surface area contributed by atoms with Crippen molar-refractivity contribution >= 4 is 35.6 Å². The molecule has 0 aliphatic heterocycles. The molecule has 194 valence electrons. The van der Waals surface area contributed by atoms with Crippen LogP contribution in [0.15, 0.2) is 0 Å². The van der Waals surface area contributed by atoms with E-state index < -0.39 is 72.3 Å². The van der Waals surface area contributed by atoms with Gasteiger partial charge in [-0.15, -0.1) is 0 Å². The highest BCUT2D eigenvalue weighted by molar-refractivity contribution is 5.94. The Morgan fingerprint density at radius 3 is 1.76 bits per heavy atom. The topological polar surface area (TPSA) is 251 Å². The molecule has 5 atom stereocenters. The van der Waals surface area contributed by atoms with Crippen LogP contribution in [0, 0.1) is 5.92 Å². The Hall–Kier alpha value is -3.26. The molecule has 0 saturated heterocycles. The summed E-state index contributed by atoms with van der Waals surface area (Å²) in [5.41, 5.74) is 10.7. The van der Waals surface area contributed by atoms with Crippen LogP contribution in [0.4, 0.5) is 0 Å². The van der Waals surface area contributed by atoms with Gasteiger partial charge in [-0.1, -0.05) is 13.8 Å². The maximum Gasteiger partial charge on any atom is 0.328 e. The van der Waals surface area contributed by atoms with Gasteiger partial charge in [0.15, 0.2) is 6.04 Å². The van der Waals surface area contributed by atoms with Crippen molar-refractivity contribution in [1.82, 2.24) is 16.0 Å². The molecule has 0 aromatic rings. The quantitative estimate of drug-likeness (QED) is 0.112. The highest BCUT2D eigenvalue weighted by Crippen LogP contribution is 2.08. The summed E-state index contributed by atoms with van der Waals surface area (Å²) in [7, 11) is 0. The predicted octanol–water partition coefficient (Wildman–Crippen LogP) is -2.59. The Bertz CT molecular complexity index is 757. The lowest BCUT2D eigenvalue weighted by atomic mass is 10.0. The first-order valence-electron chi connectivity index (χ1n) is 10.7. The SMILES string of the molecule is CC(C)CC(NC(=O)C(CCC(=O)O)NC(=O)C(N)CCC(N)=O)C(=O)NC(C(=O)O)C(C)O. The fourth-order valence-corrected chi connectivity index (χ4v) is 2.86. The highest BCUT2D eigenvalue weighted by Gasteiger charge is 2.32. The molecular formula is C20H35N5O9. The molecule has 10 N–H and O–H groups in total. The van der Waals surface area contributed by atoms with Crippen LogP contribution in [-0.2, 0) is 28.8 Å². The Morgan fingerprint density at radius 1 is 0.794 bits per heavy atom. The largest absolute Gasteiger partial charge is 0.481 e. The van der Waals surface area contributed by atoms with Gasteiger partial charge in [-0.2, -0.15) is 0 Å². The second-order valence-electron chi connectivity index (χ2n) is 8.36. The summed E-state index contributed by atoms with van der Waals surface area (Å²) in [6, 6.07) is -5.42. The van der Waals surface area contributed by atoms with E-state index in [4.69, 9.17) is 16.6 Å². The summed E-state index contributed by atoms with van der Waals surface area (Å²) < 4.78 is 0. The van der Waals surface area contributed by atoms with Gasteiger partial charge in [0, 0.05) is 12.8 Å². The Balaban J connectivity index is 5.54. The van der Waals surface area contributed by atoms with Crippen LogP contribution >= 0.6 is 0 Å². The number of hydrogen-bond acceptors (Lipinski definition) is 8. The van der Waals surface area contributed by atoms with E-state index in [-0.39, 0.29) is 31.6 Å². The van der Waals surface area contributed by atoms with Crippen molar-refractivity contribution in [3.05, 3.63) is 0 Å². The second kappa shape index (κ2) is 14.8. The summed E-state index contributed by atoms with van der Waals surface area (Å²) in [6.07, 6.45) is -2.41. The molecule has 0 bridgehead atoms. The molecule has 0 aliphatic carbocycles. The van der Waals surface area contributed by atoms with Crippen LogP contribution in [0.3, 0.4) is 0 Å². The monoisotopic (exact) mass is 489 g/mol. The molecule has 5 unspecified atom stereocenters. The summed E-state index contributed by atoms with van der Waals surface area (Å²) in [5, 5.41) is 34.6. The third-order valence-electron chi connectivity index (χ3n) is 4.70. The van der Waals surface area contributed by atoms with Gasteiger partial charge in [0.25, 0.3) is 0 Å². The maximum absolute atomic E-state index is 12.9. The number of carboxylic acids is 2. The standard InChI is InChI=1S/C20H35N5O9/c1-9(2)8-13(19(32)25-16(10(3)26)20(33)34)24-18(31)12(5-7-15(28)29)23-17(30)11(21)4-6-14(22)27/h9-13,16,26H,4-8,21H2,1-3H3,(H2,22,27)(H,23,30)(H,24,31)(H,25,32)(H,28,29)(H,33,34). The predicted molar refractivity (Wildman–Crippen MR) is 118 cm³/mol. The van der Waals surface area contributed by atoms with Crippen LogP contribution in [0.2, 0.25) is 0 Å². The molecule has 0 aliphatic rings. The first-order valence-corrected chi connectivity index (χ1v) is 10.7. The molecule has 0 saturated carbocycles. The van der Waals surface area contributed by atoms with Gasteiger partial charge in [0.2, 0.25) is 23.6 Å². The third kappa shape index (κ3) is 12.1. The molecule has 0 fully saturated rings. The zero-order valence-corrected chi connectivity index (χ0v) is 19.4. The first kappa shape index (κ1) is 30.7. The van der Waals surface area contributed by atoms with Gasteiger partial charge < -0.3 is 42.7 Å². The number of nitrogens with one attached hydrogen (secondary N) is 3. The average Bonchev–Trinajstić information content (AvgIpc) is 2.70. The molecule has 14 nitrogen and oxygen atoms in total. The van der Waals surface area contributed by atoms with Crippen molar-refractivity contribution < 1.29 is 44.1 Å². The van der Waals surface area contributed by atoms with E-state index in [1.165, 1.54) is 6.92 Å². The minimum Gasteiger partial charge on any atom is -0.481 e. The van der Waals surface area contributed by atoms with Crippen LogP contribution in [-0.4, -0.2) is 81.2 Å². The van der Waals surface area contributed by atoms with Gasteiger partial charge in [0.05, 0.1) is 12.1 Å². The van der Waals surface area contributed by atoms with Crippen molar-refractivity contribution in [3.8, 4) is 0 Å². The average molecular weight is 490 g/mol. The van der Waals surface area contributed by atoms with E-state index in [0.717, 1.165) is 0 Å². The number of hydrogen-bond donors (Lipinski definition) is 8. The van der Waals surface area contributed by atoms with Gasteiger partial charge in [-0.05, 0) is 32.1 Å². The lowest BCUT2D eigenvalue weighted by Gasteiger charge is -2.26. The number of carboxylic acid groups (broad SMARTS) is 2. The Morgan fingerprint density at radius 2 is 1.32 bits per heavy atom. The molecular weight excluding hydrogens is 454 g/mol. The van der Waals surface area contributed by atoms with E-state index >= 15 is 0 Å². The smallest absolute Gasteiger partial charge is 0.328 e. The number of primary amides is 1. The number of aliphatic hydroxyl groups is 1. The molecule has 0 aromatic carbocycles. The number of aliphatic hydroxyl groups excluding tert-OH is 1. The zero-order chi connectivity index (χ0) is 26.6. The van der Waals surface area contributed by atoms with Crippen LogP contribution < -0.4 is 27.4 Å². The lowest BCUT2D eigenvalue weighted by molar-refractivity contribution is -0.145. The second-order valence-corrected chi connectivity index (χ2v) is 8.36. The molecule has 4 amide bonds. The minimum atomic E-state index is -1.62. The summed E-state index contributed by atoms with van der Waals surface area (Å²) in [6.45, 7) is 4.67. The number of aliphatic carboxylic acids is 2. The summed E-state index contributed by atoms with van der Waals surface area (Å²) >= 11 is 0. The van der Waals surface area contributed by atoms with E-state index in [0.29, 0.717) is 0 Å². The highest BCUT2D eigenvalue weighted by atomic mass is 16.4. The van der Waals surface area contributed by atoms with Gasteiger partial charge in [-0.25, -0.2) is 4.79 Å². The number of nitrogens with two attached hydrogens (primary N) is 2. The van der Waals surface area contributed by atoms with Gasteiger partial charge in [0.1, 0.15) is 12.1 Å². The Labute approximate surface area is 196 Å². The molecule has 0 radical (unpaired) electrons. The molecule has 0 rings (SSSR count). The number of carbonyl (C=O) groups is 6. The number of amides is 4. The maximum atomic E-state index is 12.9. The van der Waals surface area contributed by atoms with E-state index in [1.807, 2.05) is 0 Å². The van der Waals surface area contributed by atoms with E-state index in [1.54, 1.807) is 13.8 Å². The van der Waals surface area contributed by atoms with Crippen molar-refractivity contribution in [3.63, 3.8) is 0 Å². The van der Waals surface area contributed by atoms with Crippen molar-refractivity contribution in [2.75, 3.05) is 0 Å². The zero-order valence-electron chi connectivity index (χ0n) is 19.4. The number of carbonyl (C=O) groups excluding carboxylic acids is 4. The lowest BCUT2D eigenvalue weighted by Crippen LogP contribution is -2.58. The van der Waals surface area contributed by atoms with Crippen LogP contribution in [0.1, 0.15) is 52.9 Å². The fourth-order valence-electron chi connectivity index (χ4n) is 2.86. The molecule has 0 spiro atoms. The summed E-state index contributed by atoms with van der Waals surface area (Å²) in [4.78, 5) is 71.0. The van der Waals surface area contributed by atoms with Crippen molar-refractivity contribution in [2.24, 2.45) is 17.4 Å². The summed E-state index contributed by atoms with van der Waals surface area (Å²) in [5.74, 6) is -6.10. The Kier molecular flexibility index (Phi) is 13.4. The van der Waals surface area contributed by atoms with E-state index in [9.17, 15) is 39.0 Å². The molecule has 14 heteroatoms. The van der Waals surface area contributed by atoms with Crippen molar-refractivity contribution in [2.45, 2.75) is 83.1 Å². The van der Waals surface area contributed by atoms with Crippen LogP contribution in [0.25, 0.3) is 0 Å². The van der Waals surface area contributed by atoms with Gasteiger partial charge >= 0.3 is 11.9 Å². The molecule has 0 aromatic heterocycles. The molecule has 34 heavy (non-hydrogen) atoms. The minimum absolute atomic E-state index is 0.0848. The normalized spacial score (nSPS) is 15.4. The first-order chi connectivity index (χ1) is 15.6. The van der Waals surface area contributed by atoms with Crippen LogP contribution in [0.5, 0.6) is 0 Å². The fraction of sp³-hybridized carbons (Fsp3) is 0.700. The van der Waals surface area contributed by atoms with Gasteiger partial charge in [-0.3, -0.25) is 24.0 Å². The van der Waals surface area contributed by atoms with E-state index in [2.05, 4.69) is 16.0 Å².